The van der Waals surface area contributed by atoms with Gasteiger partial charge in [-0.25, -0.2) is 4.39 Å². The number of aldehydes is 1. The fraction of sp³-hybridized carbons (Fsp3) is 0.133. The number of rotatable bonds is 4. The third-order valence-corrected chi connectivity index (χ3v) is 2.80. The summed E-state index contributed by atoms with van der Waals surface area (Å²) in [5.74, 6) is -0.251. The molecule has 0 aliphatic heterocycles. The molecule has 0 amide bonds. The molecule has 2 aromatic carbocycles. The zero-order valence-corrected chi connectivity index (χ0v) is 10.1. The van der Waals surface area contributed by atoms with Gasteiger partial charge in [0.05, 0.1) is 5.69 Å². The van der Waals surface area contributed by atoms with Crippen LogP contribution in [-0.4, -0.2) is 12.8 Å². The van der Waals surface area contributed by atoms with Gasteiger partial charge < -0.3 is 4.90 Å². The van der Waals surface area contributed by atoms with E-state index < -0.39 is 0 Å². The maximum atomic E-state index is 13.8. The second-order valence-electron chi connectivity index (χ2n) is 3.91. The number of halogens is 1. The molecule has 0 bridgehead atoms. The zero-order chi connectivity index (χ0) is 13.0. The molecule has 3 heteroatoms. The van der Waals surface area contributed by atoms with E-state index in [4.69, 9.17) is 0 Å². The van der Waals surface area contributed by atoms with E-state index in [2.05, 4.69) is 0 Å². The summed E-state index contributed by atoms with van der Waals surface area (Å²) in [6, 6.07) is 13.8. The molecule has 2 rings (SSSR count). The van der Waals surface area contributed by atoms with Crippen molar-refractivity contribution < 1.29 is 9.18 Å². The topological polar surface area (TPSA) is 20.3 Å². The molecule has 0 fully saturated rings. The molecule has 0 atom stereocenters. The average Bonchev–Trinajstić information content (AvgIpc) is 2.42. The zero-order valence-electron chi connectivity index (χ0n) is 10.1. The van der Waals surface area contributed by atoms with Gasteiger partial charge in [-0.3, -0.25) is 4.79 Å². The Morgan fingerprint density at radius 3 is 2.33 bits per heavy atom. The summed E-state index contributed by atoms with van der Waals surface area (Å²) >= 11 is 0. The SMILES string of the molecule is CCN(c1ccc(C=O)cc1)c1ccccc1F. The van der Waals surface area contributed by atoms with E-state index in [1.807, 2.05) is 24.0 Å². The van der Waals surface area contributed by atoms with E-state index in [9.17, 15) is 9.18 Å². The Morgan fingerprint density at radius 2 is 1.78 bits per heavy atom. The number of anilines is 2. The van der Waals surface area contributed by atoms with E-state index in [-0.39, 0.29) is 5.82 Å². The van der Waals surface area contributed by atoms with Crippen molar-refractivity contribution in [3.8, 4) is 0 Å². The normalized spacial score (nSPS) is 10.1. The predicted octanol–water partition coefficient (Wildman–Crippen LogP) is 3.80. The van der Waals surface area contributed by atoms with Gasteiger partial charge in [0.25, 0.3) is 0 Å². The number of benzene rings is 2. The highest BCUT2D eigenvalue weighted by molar-refractivity contribution is 5.76. The lowest BCUT2D eigenvalue weighted by atomic mass is 10.2. The van der Waals surface area contributed by atoms with Crippen LogP contribution in [0.2, 0.25) is 0 Å². The van der Waals surface area contributed by atoms with Crippen molar-refractivity contribution in [3.63, 3.8) is 0 Å². The largest absolute Gasteiger partial charge is 0.339 e. The number of para-hydroxylation sites is 1. The molecule has 0 unspecified atom stereocenters. The Hall–Kier alpha value is -2.16. The van der Waals surface area contributed by atoms with Crippen LogP contribution in [0.5, 0.6) is 0 Å². The Kier molecular flexibility index (Phi) is 3.72. The van der Waals surface area contributed by atoms with Gasteiger partial charge in [0.1, 0.15) is 12.1 Å². The highest BCUT2D eigenvalue weighted by Gasteiger charge is 2.10. The van der Waals surface area contributed by atoms with Gasteiger partial charge in [-0.1, -0.05) is 12.1 Å². The van der Waals surface area contributed by atoms with E-state index in [0.29, 0.717) is 17.8 Å². The molecule has 92 valence electrons. The molecule has 0 aliphatic carbocycles. The highest BCUT2D eigenvalue weighted by atomic mass is 19.1. The monoisotopic (exact) mass is 243 g/mol. The second-order valence-corrected chi connectivity index (χ2v) is 3.91. The Labute approximate surface area is 106 Å². The lowest BCUT2D eigenvalue weighted by molar-refractivity contribution is 0.112. The molecule has 2 nitrogen and oxygen atoms in total. The summed E-state index contributed by atoms with van der Waals surface area (Å²) < 4.78 is 13.8. The van der Waals surface area contributed by atoms with Crippen LogP contribution in [0.25, 0.3) is 0 Å². The maximum absolute atomic E-state index is 13.8. The lowest BCUT2D eigenvalue weighted by Gasteiger charge is -2.23. The standard InChI is InChI=1S/C15H14FNO/c1-2-17(15-6-4-3-5-14(15)16)13-9-7-12(11-18)8-10-13/h3-11H,2H2,1H3. The third kappa shape index (κ3) is 2.40. The fourth-order valence-electron chi connectivity index (χ4n) is 1.90. The summed E-state index contributed by atoms with van der Waals surface area (Å²) in [5, 5.41) is 0. The van der Waals surface area contributed by atoms with Crippen molar-refractivity contribution in [1.82, 2.24) is 0 Å². The molecule has 18 heavy (non-hydrogen) atoms. The Morgan fingerprint density at radius 1 is 1.11 bits per heavy atom. The van der Waals surface area contributed by atoms with E-state index in [1.165, 1.54) is 6.07 Å². The third-order valence-electron chi connectivity index (χ3n) is 2.80. The number of hydrogen-bond acceptors (Lipinski definition) is 2. The minimum absolute atomic E-state index is 0.251. The molecule has 0 saturated carbocycles. The molecule has 0 radical (unpaired) electrons. The van der Waals surface area contributed by atoms with Crippen LogP contribution in [-0.2, 0) is 0 Å². The minimum Gasteiger partial charge on any atom is -0.339 e. The van der Waals surface area contributed by atoms with Crippen molar-refractivity contribution >= 4 is 17.7 Å². The molecule has 0 N–H and O–H groups in total. The molecule has 2 aromatic rings. The fourth-order valence-corrected chi connectivity index (χ4v) is 1.90. The maximum Gasteiger partial charge on any atom is 0.150 e. The van der Waals surface area contributed by atoms with Crippen LogP contribution in [0.4, 0.5) is 15.8 Å². The van der Waals surface area contributed by atoms with Crippen LogP contribution in [0.3, 0.4) is 0 Å². The van der Waals surface area contributed by atoms with Gasteiger partial charge in [0, 0.05) is 17.8 Å². The molecule has 0 heterocycles. The van der Waals surface area contributed by atoms with Gasteiger partial charge >= 0.3 is 0 Å². The number of carbonyl (C=O) groups is 1. The van der Waals surface area contributed by atoms with Crippen molar-refractivity contribution in [2.75, 3.05) is 11.4 Å². The minimum atomic E-state index is -0.251. The summed E-state index contributed by atoms with van der Waals surface area (Å²) in [4.78, 5) is 12.5. The first kappa shape index (κ1) is 12.3. The molecular weight excluding hydrogens is 229 g/mol. The van der Waals surface area contributed by atoms with E-state index in [1.54, 1.807) is 30.3 Å². The van der Waals surface area contributed by atoms with Crippen LogP contribution in [0.1, 0.15) is 17.3 Å². The van der Waals surface area contributed by atoms with Crippen molar-refractivity contribution in [2.45, 2.75) is 6.92 Å². The quantitative estimate of drug-likeness (QED) is 0.761. The first-order valence-corrected chi connectivity index (χ1v) is 5.83. The Bertz CT molecular complexity index is 536. The van der Waals surface area contributed by atoms with Gasteiger partial charge in [0.2, 0.25) is 0 Å². The first-order chi connectivity index (χ1) is 8.76. The van der Waals surface area contributed by atoms with Crippen LogP contribution in [0.15, 0.2) is 48.5 Å². The van der Waals surface area contributed by atoms with Crippen molar-refractivity contribution in [3.05, 3.63) is 59.9 Å². The summed E-state index contributed by atoms with van der Waals surface area (Å²) in [5.41, 5.74) is 2.02. The predicted molar refractivity (Wildman–Crippen MR) is 70.9 cm³/mol. The van der Waals surface area contributed by atoms with Gasteiger partial charge in [0.15, 0.2) is 0 Å². The van der Waals surface area contributed by atoms with Gasteiger partial charge in [-0.2, -0.15) is 0 Å². The molecular formula is C15H14FNO. The summed E-state index contributed by atoms with van der Waals surface area (Å²) in [6.45, 7) is 2.61. The molecule has 0 aliphatic rings. The van der Waals surface area contributed by atoms with E-state index >= 15 is 0 Å². The average molecular weight is 243 g/mol. The molecule has 0 saturated heterocycles. The Balaban J connectivity index is 2.39. The number of carbonyl (C=O) groups excluding carboxylic acids is 1. The number of nitrogens with zero attached hydrogens (tertiary/aromatic N) is 1. The second kappa shape index (κ2) is 5.45. The lowest BCUT2D eigenvalue weighted by Crippen LogP contribution is -2.17. The van der Waals surface area contributed by atoms with Gasteiger partial charge in [-0.15, -0.1) is 0 Å². The van der Waals surface area contributed by atoms with E-state index in [0.717, 1.165) is 12.0 Å². The van der Waals surface area contributed by atoms with Gasteiger partial charge in [-0.05, 0) is 43.3 Å². The first-order valence-electron chi connectivity index (χ1n) is 5.83. The molecule has 0 spiro atoms. The van der Waals surface area contributed by atoms with Crippen LogP contribution >= 0.6 is 0 Å². The molecule has 0 aromatic heterocycles. The number of hydrogen-bond donors (Lipinski definition) is 0. The smallest absolute Gasteiger partial charge is 0.150 e. The van der Waals surface area contributed by atoms with Crippen LogP contribution < -0.4 is 4.90 Å². The summed E-state index contributed by atoms with van der Waals surface area (Å²) in [6.07, 6.45) is 0.795. The van der Waals surface area contributed by atoms with Crippen LogP contribution in [0, 0.1) is 5.82 Å². The van der Waals surface area contributed by atoms with Crippen molar-refractivity contribution in [1.29, 1.82) is 0 Å². The summed E-state index contributed by atoms with van der Waals surface area (Å²) in [7, 11) is 0. The highest BCUT2D eigenvalue weighted by Crippen LogP contribution is 2.27. The van der Waals surface area contributed by atoms with Crippen molar-refractivity contribution in [2.24, 2.45) is 0 Å².